The average molecular weight is 439 g/mol. The first-order chi connectivity index (χ1) is 16.1. The van der Waals surface area contributed by atoms with Crippen LogP contribution in [0.3, 0.4) is 0 Å². The molecule has 0 saturated carbocycles. The standard InChI is InChI=1S/C23H17N7O3/c31-23(17-6-7-20(21(11-17)30(32)33)28-10-9-24-14-28)26-13-16-5-8-22(25-12-16)29-15-27-18-3-1-2-4-19(18)29/h1-12,14-15H,13H2,(H,26,31). The number of nitrogens with zero attached hydrogens (tertiary/aromatic N) is 6. The van der Waals surface area contributed by atoms with Crippen molar-refractivity contribution >= 4 is 22.6 Å². The maximum atomic E-state index is 12.6. The van der Waals surface area contributed by atoms with Gasteiger partial charge in [0.1, 0.15) is 17.8 Å². The van der Waals surface area contributed by atoms with Gasteiger partial charge in [0.15, 0.2) is 0 Å². The van der Waals surface area contributed by atoms with Gasteiger partial charge in [0, 0.05) is 36.8 Å². The van der Waals surface area contributed by atoms with Gasteiger partial charge in [-0.2, -0.15) is 0 Å². The smallest absolute Gasteiger partial charge is 0.294 e. The van der Waals surface area contributed by atoms with Crippen LogP contribution >= 0.6 is 0 Å². The third kappa shape index (κ3) is 3.92. The van der Waals surface area contributed by atoms with Gasteiger partial charge in [-0.3, -0.25) is 19.5 Å². The van der Waals surface area contributed by atoms with Gasteiger partial charge >= 0.3 is 0 Å². The summed E-state index contributed by atoms with van der Waals surface area (Å²) in [7, 11) is 0. The van der Waals surface area contributed by atoms with Crippen molar-refractivity contribution in [3.63, 3.8) is 0 Å². The molecule has 0 aliphatic rings. The topological polar surface area (TPSA) is 121 Å². The molecule has 1 N–H and O–H groups in total. The lowest BCUT2D eigenvalue weighted by Gasteiger charge is -2.09. The molecule has 0 aliphatic carbocycles. The van der Waals surface area contributed by atoms with Crippen LogP contribution in [0, 0.1) is 10.1 Å². The fourth-order valence-corrected chi connectivity index (χ4v) is 3.52. The number of carbonyl (C=O) groups is 1. The fourth-order valence-electron chi connectivity index (χ4n) is 3.52. The number of para-hydroxylation sites is 2. The molecule has 0 atom stereocenters. The zero-order valence-corrected chi connectivity index (χ0v) is 17.2. The molecule has 0 bridgehead atoms. The Labute approximate surface area is 187 Å². The number of benzene rings is 2. The number of pyridine rings is 1. The van der Waals surface area contributed by atoms with Gasteiger partial charge in [-0.1, -0.05) is 18.2 Å². The average Bonchev–Trinajstić information content (AvgIpc) is 3.53. The molecular formula is C23H17N7O3. The summed E-state index contributed by atoms with van der Waals surface area (Å²) in [4.78, 5) is 36.3. The number of hydrogen-bond donors (Lipinski definition) is 1. The van der Waals surface area contributed by atoms with Crippen LogP contribution < -0.4 is 5.32 Å². The molecule has 5 aromatic rings. The molecule has 0 spiro atoms. The van der Waals surface area contributed by atoms with Crippen LogP contribution in [0.2, 0.25) is 0 Å². The normalized spacial score (nSPS) is 10.9. The first kappa shape index (κ1) is 20.1. The summed E-state index contributed by atoms with van der Waals surface area (Å²) < 4.78 is 3.41. The van der Waals surface area contributed by atoms with Crippen LogP contribution in [0.4, 0.5) is 5.69 Å². The minimum Gasteiger partial charge on any atom is -0.348 e. The summed E-state index contributed by atoms with van der Waals surface area (Å²) >= 11 is 0. The van der Waals surface area contributed by atoms with E-state index in [2.05, 4.69) is 20.3 Å². The van der Waals surface area contributed by atoms with E-state index in [1.54, 1.807) is 24.8 Å². The Kier molecular flexibility index (Phi) is 5.07. The van der Waals surface area contributed by atoms with E-state index < -0.39 is 10.8 Å². The number of aromatic nitrogens is 5. The van der Waals surface area contributed by atoms with Crippen molar-refractivity contribution in [3.05, 3.63) is 107 Å². The van der Waals surface area contributed by atoms with Crippen LogP contribution in [-0.2, 0) is 6.54 Å². The Balaban J connectivity index is 1.30. The molecule has 3 aromatic heterocycles. The Morgan fingerprint density at radius 2 is 1.94 bits per heavy atom. The number of nitrogens with one attached hydrogen (secondary N) is 1. The summed E-state index contributed by atoms with van der Waals surface area (Å²) in [6.07, 6.45) is 7.99. The molecule has 0 radical (unpaired) electrons. The first-order valence-electron chi connectivity index (χ1n) is 10.0. The van der Waals surface area contributed by atoms with Crippen molar-refractivity contribution in [1.82, 2.24) is 29.4 Å². The van der Waals surface area contributed by atoms with Crippen molar-refractivity contribution in [2.75, 3.05) is 0 Å². The van der Waals surface area contributed by atoms with E-state index in [-0.39, 0.29) is 17.8 Å². The quantitative estimate of drug-likeness (QED) is 0.320. The van der Waals surface area contributed by atoms with Gasteiger partial charge in [0.2, 0.25) is 0 Å². The van der Waals surface area contributed by atoms with E-state index in [9.17, 15) is 14.9 Å². The predicted molar refractivity (Wildman–Crippen MR) is 120 cm³/mol. The van der Waals surface area contributed by atoms with Crippen LogP contribution in [0.25, 0.3) is 22.5 Å². The maximum Gasteiger partial charge on any atom is 0.294 e. The Morgan fingerprint density at radius 1 is 1.06 bits per heavy atom. The summed E-state index contributed by atoms with van der Waals surface area (Å²) in [5, 5.41) is 14.3. The minimum atomic E-state index is -0.519. The van der Waals surface area contributed by atoms with Crippen LogP contribution in [0.1, 0.15) is 15.9 Å². The number of hydrogen-bond acceptors (Lipinski definition) is 6. The fraction of sp³-hybridized carbons (Fsp3) is 0.0435. The van der Waals surface area contributed by atoms with E-state index in [1.165, 1.54) is 29.2 Å². The van der Waals surface area contributed by atoms with Crippen molar-refractivity contribution < 1.29 is 9.72 Å². The Bertz CT molecular complexity index is 1460. The van der Waals surface area contributed by atoms with Gasteiger partial charge in [-0.15, -0.1) is 0 Å². The van der Waals surface area contributed by atoms with Crippen molar-refractivity contribution in [3.8, 4) is 11.5 Å². The maximum absolute atomic E-state index is 12.6. The molecule has 0 unspecified atom stereocenters. The van der Waals surface area contributed by atoms with Crippen molar-refractivity contribution in [1.29, 1.82) is 0 Å². The highest BCUT2D eigenvalue weighted by Gasteiger charge is 2.18. The Morgan fingerprint density at radius 3 is 2.70 bits per heavy atom. The molecule has 3 heterocycles. The molecular weight excluding hydrogens is 422 g/mol. The van der Waals surface area contributed by atoms with E-state index >= 15 is 0 Å². The SMILES string of the molecule is O=C(NCc1ccc(-n2cnc3ccccc32)nc1)c1ccc(-n2ccnc2)c([N+](=O)[O-])c1. The first-order valence-corrected chi connectivity index (χ1v) is 10.0. The number of amides is 1. The van der Waals surface area contributed by atoms with E-state index in [1.807, 2.05) is 41.0 Å². The lowest BCUT2D eigenvalue weighted by Crippen LogP contribution is -2.23. The Hall–Kier alpha value is -4.86. The molecule has 0 fully saturated rings. The summed E-state index contributed by atoms with van der Waals surface area (Å²) in [5.41, 5.74) is 2.97. The molecule has 2 aromatic carbocycles. The van der Waals surface area contributed by atoms with Crippen LogP contribution in [0.15, 0.2) is 85.8 Å². The molecule has 10 heteroatoms. The van der Waals surface area contributed by atoms with E-state index in [0.717, 1.165) is 16.6 Å². The second-order valence-corrected chi connectivity index (χ2v) is 7.24. The largest absolute Gasteiger partial charge is 0.348 e. The van der Waals surface area contributed by atoms with Crippen LogP contribution in [0.5, 0.6) is 0 Å². The molecule has 162 valence electrons. The van der Waals surface area contributed by atoms with E-state index in [0.29, 0.717) is 11.5 Å². The second-order valence-electron chi connectivity index (χ2n) is 7.24. The lowest BCUT2D eigenvalue weighted by molar-refractivity contribution is -0.384. The highest BCUT2D eigenvalue weighted by atomic mass is 16.6. The third-order valence-electron chi connectivity index (χ3n) is 5.18. The molecule has 5 rings (SSSR count). The van der Waals surface area contributed by atoms with Gasteiger partial charge in [0.25, 0.3) is 11.6 Å². The lowest BCUT2D eigenvalue weighted by atomic mass is 10.1. The highest BCUT2D eigenvalue weighted by Crippen LogP contribution is 2.24. The molecule has 1 amide bonds. The summed E-state index contributed by atoms with van der Waals surface area (Å²) in [6, 6.07) is 15.8. The zero-order chi connectivity index (χ0) is 22.8. The number of fused-ring (bicyclic) bond motifs is 1. The number of carbonyl (C=O) groups excluding carboxylic acids is 1. The third-order valence-corrected chi connectivity index (χ3v) is 5.18. The van der Waals surface area contributed by atoms with Gasteiger partial charge in [-0.05, 0) is 35.9 Å². The number of nitro groups is 1. The van der Waals surface area contributed by atoms with Crippen molar-refractivity contribution in [2.24, 2.45) is 0 Å². The van der Waals surface area contributed by atoms with Gasteiger partial charge < -0.3 is 9.88 Å². The minimum absolute atomic E-state index is 0.181. The number of imidazole rings is 2. The van der Waals surface area contributed by atoms with Crippen LogP contribution in [-0.4, -0.2) is 34.9 Å². The van der Waals surface area contributed by atoms with Crippen molar-refractivity contribution in [2.45, 2.75) is 6.54 Å². The number of rotatable bonds is 6. The molecule has 33 heavy (non-hydrogen) atoms. The van der Waals surface area contributed by atoms with Gasteiger partial charge in [-0.25, -0.2) is 15.0 Å². The second kappa shape index (κ2) is 8.35. The zero-order valence-electron chi connectivity index (χ0n) is 17.2. The highest BCUT2D eigenvalue weighted by molar-refractivity contribution is 5.95. The molecule has 0 aliphatic heterocycles. The van der Waals surface area contributed by atoms with Gasteiger partial charge in [0.05, 0.1) is 22.3 Å². The molecule has 10 nitrogen and oxygen atoms in total. The van der Waals surface area contributed by atoms with E-state index in [4.69, 9.17) is 0 Å². The number of nitro benzene ring substituents is 1. The monoisotopic (exact) mass is 439 g/mol. The summed E-state index contributed by atoms with van der Waals surface area (Å²) in [5.74, 6) is 0.296. The summed E-state index contributed by atoms with van der Waals surface area (Å²) in [6.45, 7) is 0.230. The molecule has 0 saturated heterocycles. The predicted octanol–water partition coefficient (Wildman–Crippen LogP) is 3.44.